The summed E-state index contributed by atoms with van der Waals surface area (Å²) in [7, 11) is 0. The number of carbonyl (C=O) groups is 4. The Hall–Kier alpha value is -3.08. The second-order valence-electron chi connectivity index (χ2n) is 5.34. The van der Waals surface area contributed by atoms with Gasteiger partial charge in [-0.05, 0) is 38.1 Å². The first-order valence-electron chi connectivity index (χ1n) is 7.05. The van der Waals surface area contributed by atoms with E-state index in [1.165, 1.54) is 26.0 Å². The van der Waals surface area contributed by atoms with E-state index >= 15 is 0 Å². The van der Waals surface area contributed by atoms with E-state index in [4.69, 9.17) is 0 Å². The number of benzene rings is 2. The highest BCUT2D eigenvalue weighted by Gasteiger charge is 2.38. The fourth-order valence-electron chi connectivity index (χ4n) is 2.68. The Morgan fingerprint density at radius 2 is 1.22 bits per heavy atom. The summed E-state index contributed by atoms with van der Waals surface area (Å²) in [5, 5.41) is 0. The number of nitrogens with zero attached hydrogens (tertiary/aromatic N) is 1. The molecule has 5 heteroatoms. The second-order valence-corrected chi connectivity index (χ2v) is 5.34. The SMILES string of the molecule is CC(=O)c1cc2c(cc1C(C)=O)C(=O)N(c1ccccc1)C2=O. The van der Waals surface area contributed by atoms with Gasteiger partial charge in [0.15, 0.2) is 11.6 Å². The van der Waals surface area contributed by atoms with Crippen molar-refractivity contribution in [1.29, 1.82) is 0 Å². The van der Waals surface area contributed by atoms with Crippen LogP contribution in [0.3, 0.4) is 0 Å². The standard InChI is InChI=1S/C18H13NO4/c1-10(20)13-8-15-16(9-14(13)11(2)21)18(23)19(17(15)22)12-6-4-3-5-7-12/h3-9H,1-2H3. The third kappa shape index (κ3) is 2.26. The largest absolute Gasteiger partial charge is 0.294 e. The summed E-state index contributed by atoms with van der Waals surface area (Å²) in [6.45, 7) is 2.65. The summed E-state index contributed by atoms with van der Waals surface area (Å²) in [4.78, 5) is 49.7. The number of ketones is 2. The van der Waals surface area contributed by atoms with E-state index < -0.39 is 11.8 Å². The van der Waals surface area contributed by atoms with Crippen LogP contribution in [0.1, 0.15) is 55.3 Å². The zero-order chi connectivity index (χ0) is 16.7. The number of Topliss-reactive ketones (excluding diaryl/α,β-unsaturated/α-hetero) is 2. The van der Waals surface area contributed by atoms with Crippen LogP contribution < -0.4 is 4.90 Å². The van der Waals surface area contributed by atoms with Gasteiger partial charge in [0.05, 0.1) is 16.8 Å². The normalized spacial score (nSPS) is 13.2. The molecular weight excluding hydrogens is 294 g/mol. The molecule has 5 nitrogen and oxygen atoms in total. The summed E-state index contributed by atoms with van der Waals surface area (Å²) in [5.41, 5.74) is 1.06. The van der Waals surface area contributed by atoms with Crippen molar-refractivity contribution in [2.24, 2.45) is 0 Å². The Bertz CT molecular complexity index is 815. The molecule has 0 fully saturated rings. The maximum atomic E-state index is 12.6. The molecule has 0 saturated carbocycles. The average molecular weight is 307 g/mol. The van der Waals surface area contributed by atoms with E-state index in [0.29, 0.717) is 5.69 Å². The Labute approximate surface area is 132 Å². The molecule has 0 N–H and O–H groups in total. The van der Waals surface area contributed by atoms with Gasteiger partial charge in [0.2, 0.25) is 0 Å². The maximum absolute atomic E-state index is 12.6. The molecule has 2 amide bonds. The molecule has 2 aromatic carbocycles. The van der Waals surface area contributed by atoms with Gasteiger partial charge in [0, 0.05) is 11.1 Å². The molecule has 0 spiro atoms. The molecule has 0 radical (unpaired) electrons. The molecular formula is C18H13NO4. The van der Waals surface area contributed by atoms with Gasteiger partial charge in [0.1, 0.15) is 0 Å². The summed E-state index contributed by atoms with van der Waals surface area (Å²) < 4.78 is 0. The highest BCUT2D eigenvalue weighted by molar-refractivity contribution is 6.35. The van der Waals surface area contributed by atoms with E-state index in [9.17, 15) is 19.2 Å². The molecule has 0 saturated heterocycles. The molecule has 0 aromatic heterocycles. The first-order chi connectivity index (χ1) is 10.9. The molecule has 0 atom stereocenters. The van der Waals surface area contributed by atoms with E-state index in [0.717, 1.165) is 4.90 Å². The molecule has 1 aliphatic rings. The maximum Gasteiger partial charge on any atom is 0.266 e. The van der Waals surface area contributed by atoms with Crippen LogP contribution in [0, 0.1) is 0 Å². The number of imide groups is 1. The molecule has 0 unspecified atom stereocenters. The summed E-state index contributed by atoms with van der Waals surface area (Å²) in [6, 6.07) is 11.2. The molecule has 0 bridgehead atoms. The van der Waals surface area contributed by atoms with E-state index in [-0.39, 0.29) is 33.8 Å². The monoisotopic (exact) mass is 307 g/mol. The number of anilines is 1. The first kappa shape index (κ1) is 14.8. The van der Waals surface area contributed by atoms with Crippen molar-refractivity contribution < 1.29 is 19.2 Å². The number of para-hydroxylation sites is 1. The Morgan fingerprint density at radius 3 is 1.61 bits per heavy atom. The third-order valence-corrected chi connectivity index (χ3v) is 3.80. The van der Waals surface area contributed by atoms with Crippen molar-refractivity contribution in [1.82, 2.24) is 0 Å². The van der Waals surface area contributed by atoms with Gasteiger partial charge in [-0.1, -0.05) is 18.2 Å². The van der Waals surface area contributed by atoms with Crippen LogP contribution in [0.4, 0.5) is 5.69 Å². The van der Waals surface area contributed by atoms with Gasteiger partial charge < -0.3 is 0 Å². The van der Waals surface area contributed by atoms with Gasteiger partial charge in [-0.25, -0.2) is 4.90 Å². The van der Waals surface area contributed by atoms with Crippen molar-refractivity contribution in [3.8, 4) is 0 Å². The Balaban J connectivity index is 2.19. The summed E-state index contributed by atoms with van der Waals surface area (Å²) in [5.74, 6) is -1.63. The minimum absolute atomic E-state index is 0.147. The smallest absolute Gasteiger partial charge is 0.266 e. The van der Waals surface area contributed by atoms with Crippen LogP contribution in [-0.4, -0.2) is 23.4 Å². The Morgan fingerprint density at radius 1 is 0.783 bits per heavy atom. The van der Waals surface area contributed by atoms with Crippen molar-refractivity contribution in [3.63, 3.8) is 0 Å². The lowest BCUT2D eigenvalue weighted by Crippen LogP contribution is -2.29. The highest BCUT2D eigenvalue weighted by Crippen LogP contribution is 2.30. The summed E-state index contributed by atoms with van der Waals surface area (Å²) >= 11 is 0. The van der Waals surface area contributed by atoms with Crippen LogP contribution in [0.25, 0.3) is 0 Å². The molecule has 3 rings (SSSR count). The first-order valence-corrected chi connectivity index (χ1v) is 7.05. The van der Waals surface area contributed by atoms with E-state index in [1.807, 2.05) is 0 Å². The number of amides is 2. The van der Waals surface area contributed by atoms with Gasteiger partial charge >= 0.3 is 0 Å². The van der Waals surface area contributed by atoms with Crippen molar-refractivity contribution in [2.75, 3.05) is 4.90 Å². The van der Waals surface area contributed by atoms with E-state index in [2.05, 4.69) is 0 Å². The third-order valence-electron chi connectivity index (χ3n) is 3.80. The minimum Gasteiger partial charge on any atom is -0.294 e. The average Bonchev–Trinajstić information content (AvgIpc) is 2.78. The number of hydrogen-bond donors (Lipinski definition) is 0. The lowest BCUT2D eigenvalue weighted by Gasteiger charge is -2.13. The quantitative estimate of drug-likeness (QED) is 0.645. The highest BCUT2D eigenvalue weighted by atomic mass is 16.2. The topological polar surface area (TPSA) is 71.5 Å². The zero-order valence-corrected chi connectivity index (χ0v) is 12.6. The fourth-order valence-corrected chi connectivity index (χ4v) is 2.68. The van der Waals surface area contributed by atoms with Crippen LogP contribution in [0.5, 0.6) is 0 Å². The van der Waals surface area contributed by atoms with Gasteiger partial charge in [-0.3, -0.25) is 19.2 Å². The number of fused-ring (bicyclic) bond motifs is 1. The Kier molecular flexibility index (Phi) is 3.41. The van der Waals surface area contributed by atoms with Crippen LogP contribution in [0.2, 0.25) is 0 Å². The van der Waals surface area contributed by atoms with Crippen molar-refractivity contribution >= 4 is 29.1 Å². The van der Waals surface area contributed by atoms with Gasteiger partial charge in [-0.2, -0.15) is 0 Å². The predicted octanol–water partition coefficient (Wildman–Crippen LogP) is 2.89. The van der Waals surface area contributed by atoms with Gasteiger partial charge in [-0.15, -0.1) is 0 Å². The number of hydrogen-bond acceptors (Lipinski definition) is 4. The minimum atomic E-state index is -0.492. The van der Waals surface area contributed by atoms with E-state index in [1.54, 1.807) is 30.3 Å². The lowest BCUT2D eigenvalue weighted by atomic mass is 9.95. The molecule has 2 aromatic rings. The second kappa shape index (κ2) is 5.28. The molecule has 23 heavy (non-hydrogen) atoms. The molecule has 1 aliphatic heterocycles. The number of rotatable bonds is 3. The van der Waals surface area contributed by atoms with Gasteiger partial charge in [0.25, 0.3) is 11.8 Å². The molecule has 0 aliphatic carbocycles. The number of carbonyl (C=O) groups excluding carboxylic acids is 4. The molecule has 1 heterocycles. The van der Waals surface area contributed by atoms with Crippen LogP contribution >= 0.6 is 0 Å². The lowest BCUT2D eigenvalue weighted by molar-refractivity contribution is 0.0925. The van der Waals surface area contributed by atoms with Crippen molar-refractivity contribution in [3.05, 3.63) is 64.7 Å². The summed E-state index contributed by atoms with van der Waals surface area (Å²) in [6.07, 6.45) is 0. The molecule has 114 valence electrons. The van der Waals surface area contributed by atoms with Crippen molar-refractivity contribution in [2.45, 2.75) is 13.8 Å². The predicted molar refractivity (Wildman–Crippen MR) is 84.0 cm³/mol. The van der Waals surface area contributed by atoms with Crippen LogP contribution in [-0.2, 0) is 0 Å². The van der Waals surface area contributed by atoms with Crippen LogP contribution in [0.15, 0.2) is 42.5 Å². The fraction of sp³-hybridized carbons (Fsp3) is 0.111. The zero-order valence-electron chi connectivity index (χ0n) is 12.6.